The summed E-state index contributed by atoms with van der Waals surface area (Å²) in [5.41, 5.74) is 0.139. The number of alkyl halides is 3. The first-order chi connectivity index (χ1) is 14.6. The molecule has 31 heavy (non-hydrogen) atoms. The van der Waals surface area contributed by atoms with Gasteiger partial charge in [-0.1, -0.05) is 41.6 Å². The van der Waals surface area contributed by atoms with E-state index in [2.05, 4.69) is 9.99 Å². The van der Waals surface area contributed by atoms with Crippen LogP contribution in [0.2, 0.25) is 0 Å². The van der Waals surface area contributed by atoms with Crippen LogP contribution in [0.5, 0.6) is 5.75 Å². The number of nitrogens with zero attached hydrogens (tertiary/aromatic N) is 3. The van der Waals surface area contributed by atoms with Crippen LogP contribution in [0.15, 0.2) is 53.7 Å². The number of para-hydroxylation sites is 2. The van der Waals surface area contributed by atoms with Crippen LogP contribution in [0.4, 0.5) is 18.9 Å². The Labute approximate surface area is 178 Å². The molecule has 0 saturated carbocycles. The zero-order valence-electron chi connectivity index (χ0n) is 16.7. The zero-order chi connectivity index (χ0) is 22.3. The third-order valence-corrected chi connectivity index (χ3v) is 8.05. The fourth-order valence-electron chi connectivity index (χ4n) is 3.81. The molecule has 1 saturated heterocycles. The maximum absolute atomic E-state index is 13.3. The highest BCUT2D eigenvalue weighted by Crippen LogP contribution is 2.38. The molecule has 2 heterocycles. The van der Waals surface area contributed by atoms with E-state index >= 15 is 0 Å². The molecule has 7 nitrogen and oxygen atoms in total. The van der Waals surface area contributed by atoms with Gasteiger partial charge in [-0.25, -0.2) is 8.42 Å². The molecule has 0 N–H and O–H groups in total. The van der Waals surface area contributed by atoms with Crippen molar-refractivity contribution in [1.82, 2.24) is 4.31 Å². The Kier molecular flexibility index (Phi) is 5.50. The maximum Gasteiger partial charge on any atom is 0.448 e. The predicted octanol–water partition coefficient (Wildman–Crippen LogP) is 3.41. The standard InChI is InChI=1S/C20H22F3N3O4S/c1-19(10-5-2-6-11-19)31(27,28)25-12-9-15(13-25)29-17-8-4-3-7-16(17)26-14-24-30-18(26)20(21,22)23/h2-8,10,14-15,18H,9,11-13H2,1H3. The van der Waals surface area contributed by atoms with Crippen molar-refractivity contribution in [3.63, 3.8) is 0 Å². The molecule has 0 spiro atoms. The van der Waals surface area contributed by atoms with Gasteiger partial charge in [0.05, 0.1) is 12.2 Å². The van der Waals surface area contributed by atoms with Crippen molar-refractivity contribution in [2.24, 2.45) is 5.16 Å². The molecule has 1 fully saturated rings. The lowest BCUT2D eigenvalue weighted by Crippen LogP contribution is -2.45. The minimum absolute atomic E-state index is 0.122. The van der Waals surface area contributed by atoms with Gasteiger partial charge in [0.15, 0.2) is 0 Å². The van der Waals surface area contributed by atoms with Gasteiger partial charge in [0.1, 0.15) is 22.9 Å². The van der Waals surface area contributed by atoms with Gasteiger partial charge in [-0.05, 0) is 31.9 Å². The molecule has 0 amide bonds. The number of hydrogen-bond acceptors (Lipinski definition) is 6. The summed E-state index contributed by atoms with van der Waals surface area (Å²) in [5.74, 6) is 0.199. The number of allylic oxidation sites excluding steroid dienone is 3. The van der Waals surface area contributed by atoms with Crippen molar-refractivity contribution in [2.75, 3.05) is 18.0 Å². The van der Waals surface area contributed by atoms with Gasteiger partial charge in [0.2, 0.25) is 10.0 Å². The van der Waals surface area contributed by atoms with Crippen molar-refractivity contribution in [3.8, 4) is 5.75 Å². The van der Waals surface area contributed by atoms with Crippen LogP contribution in [0, 0.1) is 0 Å². The van der Waals surface area contributed by atoms with Crippen LogP contribution < -0.4 is 9.64 Å². The van der Waals surface area contributed by atoms with Crippen LogP contribution in [0.1, 0.15) is 19.8 Å². The number of rotatable bonds is 5. The highest BCUT2D eigenvalue weighted by molar-refractivity contribution is 7.90. The Hall–Kier alpha value is -2.53. The van der Waals surface area contributed by atoms with Crippen LogP contribution in [-0.4, -0.2) is 55.4 Å². The van der Waals surface area contributed by atoms with Gasteiger partial charge < -0.3 is 9.57 Å². The summed E-state index contributed by atoms with van der Waals surface area (Å²) in [4.78, 5) is 5.31. The van der Waals surface area contributed by atoms with E-state index in [0.29, 0.717) is 12.8 Å². The molecule has 0 bridgehead atoms. The lowest BCUT2D eigenvalue weighted by Gasteiger charge is -2.31. The Morgan fingerprint density at radius 3 is 2.74 bits per heavy atom. The molecule has 3 aliphatic rings. The van der Waals surface area contributed by atoms with Crippen LogP contribution in [-0.2, 0) is 14.9 Å². The molecule has 1 aliphatic carbocycles. The normalized spacial score (nSPS) is 28.8. The van der Waals surface area contributed by atoms with Gasteiger partial charge in [0.25, 0.3) is 0 Å². The number of anilines is 1. The molecule has 1 aromatic rings. The number of hydrogen-bond donors (Lipinski definition) is 0. The molecule has 168 valence electrons. The Balaban J connectivity index is 1.50. The second-order valence-corrected chi connectivity index (χ2v) is 10.2. The average molecular weight is 457 g/mol. The van der Waals surface area contributed by atoms with Crippen molar-refractivity contribution in [3.05, 3.63) is 48.6 Å². The minimum atomic E-state index is -4.65. The highest BCUT2D eigenvalue weighted by atomic mass is 32.2. The van der Waals surface area contributed by atoms with Gasteiger partial charge in [-0.15, -0.1) is 0 Å². The van der Waals surface area contributed by atoms with Gasteiger partial charge in [0, 0.05) is 6.54 Å². The van der Waals surface area contributed by atoms with Crippen molar-refractivity contribution < 1.29 is 31.2 Å². The smallest absolute Gasteiger partial charge is 0.448 e. The fraction of sp³-hybridized carbons (Fsp3) is 0.450. The number of benzene rings is 1. The van der Waals surface area contributed by atoms with E-state index in [-0.39, 0.29) is 24.5 Å². The first-order valence-corrected chi connectivity index (χ1v) is 11.2. The molecule has 0 radical (unpaired) electrons. The van der Waals surface area contributed by atoms with E-state index in [0.717, 1.165) is 11.2 Å². The summed E-state index contributed by atoms with van der Waals surface area (Å²) in [6.07, 6.45) is 1.39. The number of oxime groups is 1. The van der Waals surface area contributed by atoms with E-state index in [4.69, 9.17) is 4.74 Å². The fourth-order valence-corrected chi connectivity index (χ4v) is 5.66. The van der Waals surface area contributed by atoms with E-state index < -0.39 is 33.3 Å². The highest BCUT2D eigenvalue weighted by Gasteiger charge is 2.49. The van der Waals surface area contributed by atoms with Crippen molar-refractivity contribution in [2.45, 2.75) is 43.0 Å². The first kappa shape index (κ1) is 21.7. The number of ether oxygens (including phenoxy) is 1. The molecule has 0 aromatic heterocycles. The van der Waals surface area contributed by atoms with Crippen molar-refractivity contribution in [1.29, 1.82) is 0 Å². The van der Waals surface area contributed by atoms with Crippen LogP contribution in [0.3, 0.4) is 0 Å². The van der Waals surface area contributed by atoms with Gasteiger partial charge in [-0.2, -0.15) is 17.5 Å². The van der Waals surface area contributed by atoms with E-state index in [1.54, 1.807) is 37.3 Å². The second kappa shape index (κ2) is 7.86. The lowest BCUT2D eigenvalue weighted by atomic mass is 10.0. The summed E-state index contributed by atoms with van der Waals surface area (Å²) in [6.45, 7) is 2.08. The molecule has 4 rings (SSSR count). The Bertz CT molecular complexity index is 1020. The summed E-state index contributed by atoms with van der Waals surface area (Å²) in [6, 6.07) is 6.23. The largest absolute Gasteiger partial charge is 0.487 e. The monoisotopic (exact) mass is 457 g/mol. The van der Waals surface area contributed by atoms with Crippen LogP contribution >= 0.6 is 0 Å². The topological polar surface area (TPSA) is 71.4 Å². The minimum Gasteiger partial charge on any atom is -0.487 e. The predicted molar refractivity (Wildman–Crippen MR) is 109 cm³/mol. The summed E-state index contributed by atoms with van der Waals surface area (Å²) in [5, 5.41) is 3.29. The summed E-state index contributed by atoms with van der Waals surface area (Å²) < 4.78 is 72.4. The molecular weight excluding hydrogens is 435 g/mol. The Morgan fingerprint density at radius 1 is 1.26 bits per heavy atom. The van der Waals surface area contributed by atoms with E-state index in [9.17, 15) is 21.6 Å². The molecule has 3 atom stereocenters. The van der Waals surface area contributed by atoms with Gasteiger partial charge in [-0.3, -0.25) is 4.90 Å². The average Bonchev–Trinajstić information content (AvgIpc) is 3.39. The molecule has 11 heteroatoms. The quantitative estimate of drug-likeness (QED) is 0.678. The molecule has 1 aromatic carbocycles. The third-order valence-electron chi connectivity index (χ3n) is 5.56. The lowest BCUT2D eigenvalue weighted by molar-refractivity contribution is -0.211. The van der Waals surface area contributed by atoms with Crippen LogP contribution in [0.25, 0.3) is 0 Å². The number of halogens is 3. The molecule has 3 unspecified atom stereocenters. The van der Waals surface area contributed by atoms with E-state index in [1.165, 1.54) is 10.4 Å². The maximum atomic E-state index is 13.3. The SMILES string of the molecule is CC1(S(=O)(=O)N2CCC(Oc3ccccc3N3C=NOC3C(F)(F)F)C2)C=CC=CC1. The number of sulfonamides is 1. The Morgan fingerprint density at radius 2 is 2.03 bits per heavy atom. The molecule has 2 aliphatic heterocycles. The summed E-state index contributed by atoms with van der Waals surface area (Å²) >= 11 is 0. The van der Waals surface area contributed by atoms with Gasteiger partial charge >= 0.3 is 12.4 Å². The van der Waals surface area contributed by atoms with Crippen molar-refractivity contribution >= 4 is 22.0 Å². The summed E-state index contributed by atoms with van der Waals surface area (Å²) in [7, 11) is -3.63. The molecular formula is C20H22F3N3O4S. The van der Waals surface area contributed by atoms with E-state index in [1.807, 2.05) is 12.2 Å². The zero-order valence-corrected chi connectivity index (χ0v) is 17.5. The first-order valence-electron chi connectivity index (χ1n) is 9.76. The third kappa shape index (κ3) is 4.03. The second-order valence-electron chi connectivity index (χ2n) is 7.79.